The Bertz CT molecular complexity index is 1800. The Labute approximate surface area is 233 Å². The maximum atomic E-state index is 5.97. The Hall–Kier alpha value is -5.41. The second-order valence-electron chi connectivity index (χ2n) is 9.66. The zero-order valence-electron chi connectivity index (χ0n) is 21.8. The molecule has 0 aliphatic rings. The van der Waals surface area contributed by atoms with Crippen molar-refractivity contribution in [2.75, 3.05) is 4.90 Å². The lowest BCUT2D eigenvalue weighted by molar-refractivity contribution is 0.620. The minimum Gasteiger partial charge on any atom is -0.436 e. The quantitative estimate of drug-likeness (QED) is 0.221. The standard InChI is InChI=1S/C37H26N2O/c1-3-11-30(12-4-1)39(31-13-5-2-6-14-31)32-25-23-28(24-26-32)34-16-8-7-15-33(34)27-19-21-29(22-20-27)37-38-35-17-9-10-18-36(35)40-37/h1-26H. The van der Waals surface area contributed by atoms with Gasteiger partial charge in [0, 0.05) is 22.6 Å². The maximum Gasteiger partial charge on any atom is 0.227 e. The van der Waals surface area contributed by atoms with Crippen molar-refractivity contribution in [3.63, 3.8) is 0 Å². The molecule has 0 unspecified atom stereocenters. The number of oxazole rings is 1. The zero-order chi connectivity index (χ0) is 26.7. The number of fused-ring (bicyclic) bond motifs is 1. The molecule has 0 bridgehead atoms. The SMILES string of the molecule is c1ccc(N(c2ccccc2)c2ccc(-c3ccccc3-c3ccc(-c4nc5ccccc5o4)cc3)cc2)cc1. The van der Waals surface area contributed by atoms with Gasteiger partial charge in [-0.1, -0.05) is 97.1 Å². The van der Waals surface area contributed by atoms with Crippen LogP contribution < -0.4 is 4.90 Å². The van der Waals surface area contributed by atoms with Crippen LogP contribution in [0.1, 0.15) is 0 Å². The molecule has 0 spiro atoms. The van der Waals surface area contributed by atoms with E-state index in [1.165, 1.54) is 16.7 Å². The van der Waals surface area contributed by atoms with Gasteiger partial charge in [0.25, 0.3) is 0 Å². The molecular formula is C37H26N2O. The van der Waals surface area contributed by atoms with E-state index in [9.17, 15) is 0 Å². The van der Waals surface area contributed by atoms with E-state index in [1.807, 2.05) is 36.4 Å². The fourth-order valence-electron chi connectivity index (χ4n) is 5.17. The molecule has 6 aromatic carbocycles. The van der Waals surface area contributed by atoms with Crippen LogP contribution in [-0.2, 0) is 0 Å². The summed E-state index contributed by atoms with van der Waals surface area (Å²) in [6.07, 6.45) is 0. The third-order valence-electron chi connectivity index (χ3n) is 7.13. The van der Waals surface area contributed by atoms with Crippen molar-refractivity contribution in [3.8, 4) is 33.7 Å². The highest BCUT2D eigenvalue weighted by Gasteiger charge is 2.14. The molecule has 190 valence electrons. The average Bonchev–Trinajstić information content (AvgIpc) is 3.47. The number of hydrogen-bond acceptors (Lipinski definition) is 3. The molecule has 7 rings (SSSR count). The highest BCUT2D eigenvalue weighted by Crippen LogP contribution is 2.38. The summed E-state index contributed by atoms with van der Waals surface area (Å²) in [6.45, 7) is 0. The van der Waals surface area contributed by atoms with Crippen LogP contribution in [0.15, 0.2) is 162 Å². The van der Waals surface area contributed by atoms with Gasteiger partial charge in [-0.15, -0.1) is 0 Å². The third kappa shape index (κ3) is 4.55. The van der Waals surface area contributed by atoms with Gasteiger partial charge in [-0.2, -0.15) is 0 Å². The van der Waals surface area contributed by atoms with Gasteiger partial charge in [0.05, 0.1) is 0 Å². The first-order valence-electron chi connectivity index (χ1n) is 13.4. The summed E-state index contributed by atoms with van der Waals surface area (Å²) in [5.41, 5.74) is 10.7. The van der Waals surface area contributed by atoms with Gasteiger partial charge in [-0.3, -0.25) is 0 Å². The first-order valence-corrected chi connectivity index (χ1v) is 13.4. The van der Waals surface area contributed by atoms with Crippen molar-refractivity contribution in [1.82, 2.24) is 4.98 Å². The number of aromatic nitrogens is 1. The second-order valence-corrected chi connectivity index (χ2v) is 9.66. The molecule has 0 saturated heterocycles. The summed E-state index contributed by atoms with van der Waals surface area (Å²) in [6, 6.07) is 54.6. The molecule has 0 aliphatic carbocycles. The van der Waals surface area contributed by atoms with Gasteiger partial charge in [0.15, 0.2) is 5.58 Å². The lowest BCUT2D eigenvalue weighted by atomic mass is 9.94. The predicted molar refractivity (Wildman–Crippen MR) is 165 cm³/mol. The second kappa shape index (κ2) is 10.4. The average molecular weight is 515 g/mol. The zero-order valence-corrected chi connectivity index (χ0v) is 21.8. The van der Waals surface area contributed by atoms with Crippen LogP contribution in [0.5, 0.6) is 0 Å². The van der Waals surface area contributed by atoms with E-state index in [4.69, 9.17) is 4.42 Å². The number of rotatable bonds is 6. The van der Waals surface area contributed by atoms with E-state index in [0.29, 0.717) is 5.89 Å². The van der Waals surface area contributed by atoms with Crippen LogP contribution in [0.25, 0.3) is 44.8 Å². The summed E-state index contributed by atoms with van der Waals surface area (Å²) in [7, 11) is 0. The maximum absolute atomic E-state index is 5.97. The number of para-hydroxylation sites is 4. The lowest BCUT2D eigenvalue weighted by Gasteiger charge is -2.25. The van der Waals surface area contributed by atoms with E-state index >= 15 is 0 Å². The molecule has 0 radical (unpaired) electrons. The molecule has 40 heavy (non-hydrogen) atoms. The van der Waals surface area contributed by atoms with Crippen molar-refractivity contribution in [2.24, 2.45) is 0 Å². The van der Waals surface area contributed by atoms with Crippen LogP contribution in [-0.4, -0.2) is 4.98 Å². The van der Waals surface area contributed by atoms with Crippen molar-refractivity contribution in [1.29, 1.82) is 0 Å². The molecule has 3 heteroatoms. The fraction of sp³-hybridized carbons (Fsp3) is 0. The highest BCUT2D eigenvalue weighted by molar-refractivity contribution is 5.86. The van der Waals surface area contributed by atoms with E-state index in [0.717, 1.165) is 39.3 Å². The largest absolute Gasteiger partial charge is 0.436 e. The topological polar surface area (TPSA) is 29.3 Å². The van der Waals surface area contributed by atoms with Gasteiger partial charge in [-0.25, -0.2) is 4.98 Å². The Morgan fingerprint density at radius 3 is 1.43 bits per heavy atom. The number of nitrogens with zero attached hydrogens (tertiary/aromatic N) is 2. The Balaban J connectivity index is 1.22. The van der Waals surface area contributed by atoms with Crippen LogP contribution in [0.3, 0.4) is 0 Å². The van der Waals surface area contributed by atoms with Gasteiger partial charge in [0.1, 0.15) is 5.52 Å². The van der Waals surface area contributed by atoms with Gasteiger partial charge in [-0.05, 0) is 82.9 Å². The molecule has 0 atom stereocenters. The summed E-state index contributed by atoms with van der Waals surface area (Å²) in [5, 5.41) is 0. The Morgan fingerprint density at radius 1 is 0.400 bits per heavy atom. The summed E-state index contributed by atoms with van der Waals surface area (Å²) >= 11 is 0. The monoisotopic (exact) mass is 514 g/mol. The smallest absolute Gasteiger partial charge is 0.227 e. The third-order valence-corrected chi connectivity index (χ3v) is 7.13. The summed E-state index contributed by atoms with van der Waals surface area (Å²) < 4.78 is 5.97. The van der Waals surface area contributed by atoms with Gasteiger partial charge < -0.3 is 9.32 Å². The first kappa shape index (κ1) is 23.7. The highest BCUT2D eigenvalue weighted by atomic mass is 16.3. The minimum atomic E-state index is 0.637. The molecule has 1 heterocycles. The summed E-state index contributed by atoms with van der Waals surface area (Å²) in [4.78, 5) is 6.92. The van der Waals surface area contributed by atoms with E-state index in [-0.39, 0.29) is 0 Å². The number of anilines is 3. The van der Waals surface area contributed by atoms with Crippen molar-refractivity contribution in [2.45, 2.75) is 0 Å². The van der Waals surface area contributed by atoms with E-state index in [1.54, 1.807) is 0 Å². The molecule has 0 amide bonds. The number of benzene rings is 6. The van der Waals surface area contributed by atoms with Crippen LogP contribution in [0.2, 0.25) is 0 Å². The van der Waals surface area contributed by atoms with Crippen LogP contribution in [0, 0.1) is 0 Å². The molecule has 0 fully saturated rings. The van der Waals surface area contributed by atoms with E-state index in [2.05, 4.69) is 131 Å². The molecular weight excluding hydrogens is 488 g/mol. The van der Waals surface area contributed by atoms with Gasteiger partial charge in [0.2, 0.25) is 5.89 Å². The lowest BCUT2D eigenvalue weighted by Crippen LogP contribution is -2.09. The minimum absolute atomic E-state index is 0.637. The van der Waals surface area contributed by atoms with Gasteiger partial charge >= 0.3 is 0 Å². The predicted octanol–water partition coefficient (Wildman–Crippen LogP) is 10.3. The Morgan fingerprint density at radius 2 is 0.850 bits per heavy atom. The van der Waals surface area contributed by atoms with E-state index < -0.39 is 0 Å². The normalized spacial score (nSPS) is 11.0. The molecule has 0 aliphatic heterocycles. The van der Waals surface area contributed by atoms with Crippen LogP contribution >= 0.6 is 0 Å². The fourth-order valence-corrected chi connectivity index (χ4v) is 5.17. The molecule has 0 N–H and O–H groups in total. The van der Waals surface area contributed by atoms with Crippen molar-refractivity contribution in [3.05, 3.63) is 158 Å². The molecule has 7 aromatic rings. The van der Waals surface area contributed by atoms with Crippen LogP contribution in [0.4, 0.5) is 17.1 Å². The molecule has 0 saturated carbocycles. The molecule has 1 aromatic heterocycles. The van der Waals surface area contributed by atoms with Crippen molar-refractivity contribution >= 4 is 28.2 Å². The summed E-state index contributed by atoms with van der Waals surface area (Å²) in [5.74, 6) is 0.637. The molecule has 3 nitrogen and oxygen atoms in total. The Kier molecular flexibility index (Phi) is 6.15. The first-order chi connectivity index (χ1) is 19.8. The number of hydrogen-bond donors (Lipinski definition) is 0. The van der Waals surface area contributed by atoms with Crippen molar-refractivity contribution < 1.29 is 4.42 Å².